The van der Waals surface area contributed by atoms with Crippen molar-refractivity contribution < 1.29 is 14.3 Å². The largest absolute Gasteiger partial charge is 0.496 e. The number of carbonyl (C=O) groups is 1. The van der Waals surface area contributed by atoms with Gasteiger partial charge in [-0.3, -0.25) is 4.79 Å². The second-order valence-corrected chi connectivity index (χ2v) is 6.78. The van der Waals surface area contributed by atoms with Crippen molar-refractivity contribution >= 4 is 23.1 Å². The normalized spacial score (nSPS) is 12.8. The van der Waals surface area contributed by atoms with Gasteiger partial charge < -0.3 is 19.7 Å². The van der Waals surface area contributed by atoms with Gasteiger partial charge >= 0.3 is 0 Å². The standard InChI is InChI=1S/C23H23N3O3/c1-28-19-10-5-11-20(29-2)22(19)23(27)25-17-12-13-21(24-15-17)26-14-6-8-16-7-3-4-9-18(16)26/h3-5,7,9-13,15H,6,8,14H2,1-2H3,(H,25,27). The highest BCUT2D eigenvalue weighted by atomic mass is 16.5. The lowest BCUT2D eigenvalue weighted by atomic mass is 10.0. The Labute approximate surface area is 170 Å². The number of aryl methyl sites for hydroxylation is 1. The zero-order valence-corrected chi connectivity index (χ0v) is 16.5. The molecule has 0 radical (unpaired) electrons. The van der Waals surface area contributed by atoms with E-state index >= 15 is 0 Å². The quantitative estimate of drug-likeness (QED) is 0.699. The van der Waals surface area contributed by atoms with Gasteiger partial charge in [0.15, 0.2) is 0 Å². The summed E-state index contributed by atoms with van der Waals surface area (Å²) in [6, 6.07) is 17.4. The minimum absolute atomic E-state index is 0.308. The Kier molecular flexibility index (Phi) is 5.33. The molecule has 0 aliphatic carbocycles. The van der Waals surface area contributed by atoms with Crippen molar-refractivity contribution in [3.8, 4) is 11.5 Å². The number of fused-ring (bicyclic) bond motifs is 1. The number of nitrogens with zero attached hydrogens (tertiary/aromatic N) is 2. The molecule has 6 nitrogen and oxygen atoms in total. The number of hydrogen-bond acceptors (Lipinski definition) is 5. The van der Waals surface area contributed by atoms with E-state index in [4.69, 9.17) is 9.47 Å². The van der Waals surface area contributed by atoms with Gasteiger partial charge in [0.05, 0.1) is 26.1 Å². The van der Waals surface area contributed by atoms with Gasteiger partial charge in [-0.05, 0) is 48.7 Å². The van der Waals surface area contributed by atoms with Gasteiger partial charge in [-0.2, -0.15) is 0 Å². The van der Waals surface area contributed by atoms with Gasteiger partial charge in [0.25, 0.3) is 5.91 Å². The number of nitrogens with one attached hydrogen (secondary N) is 1. The summed E-state index contributed by atoms with van der Waals surface area (Å²) < 4.78 is 10.6. The Morgan fingerprint density at radius 2 is 1.76 bits per heavy atom. The molecule has 1 N–H and O–H groups in total. The SMILES string of the molecule is COc1cccc(OC)c1C(=O)Nc1ccc(N2CCCc3ccccc32)nc1. The number of rotatable bonds is 5. The Morgan fingerprint density at radius 3 is 2.45 bits per heavy atom. The molecule has 1 amide bonds. The molecule has 29 heavy (non-hydrogen) atoms. The highest BCUT2D eigenvalue weighted by molar-refractivity contribution is 6.08. The van der Waals surface area contributed by atoms with E-state index in [9.17, 15) is 4.79 Å². The molecule has 3 aromatic rings. The molecular weight excluding hydrogens is 366 g/mol. The summed E-state index contributed by atoms with van der Waals surface area (Å²) in [6.07, 6.45) is 3.85. The van der Waals surface area contributed by atoms with Gasteiger partial charge in [0, 0.05) is 12.2 Å². The Balaban J connectivity index is 1.55. The number of benzene rings is 2. The monoisotopic (exact) mass is 389 g/mol. The van der Waals surface area contributed by atoms with Crippen LogP contribution in [0.15, 0.2) is 60.8 Å². The van der Waals surface area contributed by atoms with E-state index in [0.717, 1.165) is 25.2 Å². The number of aromatic nitrogens is 1. The van der Waals surface area contributed by atoms with Crippen molar-refractivity contribution in [3.63, 3.8) is 0 Å². The van der Waals surface area contributed by atoms with E-state index in [0.29, 0.717) is 22.7 Å². The fourth-order valence-electron chi connectivity index (χ4n) is 3.66. The maximum Gasteiger partial charge on any atom is 0.263 e. The van der Waals surface area contributed by atoms with Crippen molar-refractivity contribution in [1.29, 1.82) is 0 Å². The molecule has 148 valence electrons. The van der Waals surface area contributed by atoms with Crippen molar-refractivity contribution in [1.82, 2.24) is 4.98 Å². The molecule has 0 atom stereocenters. The molecule has 4 rings (SSSR count). The maximum absolute atomic E-state index is 12.8. The van der Waals surface area contributed by atoms with E-state index in [-0.39, 0.29) is 5.91 Å². The smallest absolute Gasteiger partial charge is 0.263 e. The van der Waals surface area contributed by atoms with Crippen molar-refractivity contribution in [3.05, 3.63) is 71.9 Å². The number of carbonyl (C=O) groups excluding carboxylic acids is 1. The topological polar surface area (TPSA) is 63.7 Å². The van der Waals surface area contributed by atoms with Crippen LogP contribution >= 0.6 is 0 Å². The van der Waals surface area contributed by atoms with Crippen LogP contribution in [0.4, 0.5) is 17.2 Å². The van der Waals surface area contributed by atoms with E-state index in [1.54, 1.807) is 24.4 Å². The van der Waals surface area contributed by atoms with Crippen LogP contribution in [-0.2, 0) is 6.42 Å². The fourth-order valence-corrected chi connectivity index (χ4v) is 3.66. The number of pyridine rings is 1. The molecule has 1 aliphatic rings. The van der Waals surface area contributed by atoms with Crippen LogP contribution in [0, 0.1) is 0 Å². The molecule has 0 saturated carbocycles. The third kappa shape index (κ3) is 3.74. The zero-order valence-electron chi connectivity index (χ0n) is 16.5. The predicted molar refractivity (Wildman–Crippen MR) is 114 cm³/mol. The molecular formula is C23H23N3O3. The van der Waals surface area contributed by atoms with E-state index < -0.39 is 0 Å². The summed E-state index contributed by atoms with van der Waals surface area (Å²) in [7, 11) is 3.05. The third-order valence-electron chi connectivity index (χ3n) is 5.05. The molecule has 0 spiro atoms. The van der Waals surface area contributed by atoms with Gasteiger partial charge in [-0.15, -0.1) is 0 Å². The number of amides is 1. The molecule has 0 fully saturated rings. The summed E-state index contributed by atoms with van der Waals surface area (Å²) in [5.74, 6) is 1.47. The average Bonchev–Trinajstić information content (AvgIpc) is 2.78. The molecule has 2 heterocycles. The number of para-hydroxylation sites is 1. The Hall–Kier alpha value is -3.54. The van der Waals surface area contributed by atoms with Gasteiger partial charge in [-0.1, -0.05) is 24.3 Å². The van der Waals surface area contributed by atoms with Crippen LogP contribution in [-0.4, -0.2) is 31.7 Å². The van der Waals surface area contributed by atoms with Crippen molar-refractivity contribution in [2.24, 2.45) is 0 Å². The summed E-state index contributed by atoms with van der Waals surface area (Å²) in [6.45, 7) is 0.925. The first-order valence-corrected chi connectivity index (χ1v) is 9.55. The van der Waals surface area contributed by atoms with Crippen LogP contribution in [0.3, 0.4) is 0 Å². The van der Waals surface area contributed by atoms with Crippen LogP contribution in [0.1, 0.15) is 22.3 Å². The lowest BCUT2D eigenvalue weighted by Gasteiger charge is -2.30. The van der Waals surface area contributed by atoms with Gasteiger partial charge in [0.1, 0.15) is 22.9 Å². The lowest BCUT2D eigenvalue weighted by molar-refractivity contribution is 0.102. The Morgan fingerprint density at radius 1 is 1.00 bits per heavy atom. The zero-order chi connectivity index (χ0) is 20.2. The van der Waals surface area contributed by atoms with Crippen molar-refractivity contribution in [2.45, 2.75) is 12.8 Å². The molecule has 1 aromatic heterocycles. The predicted octanol–water partition coefficient (Wildman–Crippen LogP) is 4.44. The van der Waals surface area contributed by atoms with Crippen molar-refractivity contribution in [2.75, 3.05) is 31.0 Å². The minimum Gasteiger partial charge on any atom is -0.496 e. The molecule has 2 aromatic carbocycles. The van der Waals surface area contributed by atoms with E-state index in [2.05, 4.69) is 33.4 Å². The van der Waals surface area contributed by atoms with E-state index in [1.807, 2.05) is 18.2 Å². The molecule has 1 aliphatic heterocycles. The molecule has 0 saturated heterocycles. The van der Waals surface area contributed by atoms with Crippen LogP contribution < -0.4 is 19.7 Å². The minimum atomic E-state index is -0.308. The summed E-state index contributed by atoms with van der Waals surface area (Å²) in [4.78, 5) is 19.6. The first-order chi connectivity index (χ1) is 14.2. The first kappa shape index (κ1) is 18.8. The maximum atomic E-state index is 12.8. The highest BCUT2D eigenvalue weighted by Gasteiger charge is 2.20. The van der Waals surface area contributed by atoms with Crippen LogP contribution in [0.2, 0.25) is 0 Å². The number of anilines is 3. The van der Waals surface area contributed by atoms with Gasteiger partial charge in [0.2, 0.25) is 0 Å². The Bertz CT molecular complexity index is 996. The highest BCUT2D eigenvalue weighted by Crippen LogP contribution is 2.33. The van der Waals surface area contributed by atoms with Crippen LogP contribution in [0.25, 0.3) is 0 Å². The molecule has 6 heteroatoms. The molecule has 0 bridgehead atoms. The van der Waals surface area contributed by atoms with Gasteiger partial charge in [-0.25, -0.2) is 4.98 Å². The van der Waals surface area contributed by atoms with E-state index in [1.165, 1.54) is 25.5 Å². The summed E-state index contributed by atoms with van der Waals surface area (Å²) >= 11 is 0. The summed E-state index contributed by atoms with van der Waals surface area (Å²) in [5.41, 5.74) is 3.49. The average molecular weight is 389 g/mol. The number of hydrogen-bond donors (Lipinski definition) is 1. The second kappa shape index (κ2) is 8.22. The second-order valence-electron chi connectivity index (χ2n) is 6.78. The number of methoxy groups -OCH3 is 2. The molecule has 0 unspecified atom stereocenters. The first-order valence-electron chi connectivity index (χ1n) is 9.55. The van der Waals surface area contributed by atoms with Crippen LogP contribution in [0.5, 0.6) is 11.5 Å². The summed E-state index contributed by atoms with van der Waals surface area (Å²) in [5, 5.41) is 2.88. The number of ether oxygens (including phenoxy) is 2. The lowest BCUT2D eigenvalue weighted by Crippen LogP contribution is -2.25. The third-order valence-corrected chi connectivity index (χ3v) is 5.05. The fraction of sp³-hybridized carbons (Fsp3) is 0.217.